The van der Waals surface area contributed by atoms with E-state index in [0.717, 1.165) is 9.13 Å². The van der Waals surface area contributed by atoms with E-state index in [0.29, 0.717) is 24.4 Å². The van der Waals surface area contributed by atoms with Crippen molar-refractivity contribution in [3.05, 3.63) is 33.7 Å². The Hall–Kier alpha value is -0.950. The van der Waals surface area contributed by atoms with E-state index < -0.39 is 0 Å². The van der Waals surface area contributed by atoms with Crippen molar-refractivity contribution in [2.24, 2.45) is 0 Å². The van der Waals surface area contributed by atoms with Crippen molar-refractivity contribution in [1.82, 2.24) is 15.5 Å². The van der Waals surface area contributed by atoms with Gasteiger partial charge < -0.3 is 9.73 Å². The molecule has 1 N–H and O–H groups in total. The summed E-state index contributed by atoms with van der Waals surface area (Å²) in [7, 11) is 0. The van der Waals surface area contributed by atoms with Crippen LogP contribution >= 0.6 is 22.6 Å². The van der Waals surface area contributed by atoms with Gasteiger partial charge in [0.1, 0.15) is 0 Å². The molecule has 0 aliphatic heterocycles. The second-order valence-electron chi connectivity index (χ2n) is 4.02. The van der Waals surface area contributed by atoms with Crippen LogP contribution < -0.4 is 5.32 Å². The van der Waals surface area contributed by atoms with E-state index in [9.17, 15) is 0 Å². The number of aromatic nitrogens is 2. The van der Waals surface area contributed by atoms with Crippen molar-refractivity contribution in [2.75, 3.05) is 0 Å². The van der Waals surface area contributed by atoms with Gasteiger partial charge in [-0.15, -0.1) is 10.2 Å². The molecule has 1 heterocycles. The van der Waals surface area contributed by atoms with E-state index in [1.165, 1.54) is 0 Å². The van der Waals surface area contributed by atoms with Gasteiger partial charge in [-0.2, -0.15) is 0 Å². The fourth-order valence-corrected chi connectivity index (χ4v) is 1.98. The van der Waals surface area contributed by atoms with E-state index >= 15 is 0 Å². The van der Waals surface area contributed by atoms with E-state index in [1.54, 1.807) is 0 Å². The Labute approximate surface area is 114 Å². The molecule has 4 nitrogen and oxygen atoms in total. The van der Waals surface area contributed by atoms with Crippen molar-refractivity contribution in [2.45, 2.75) is 26.4 Å². The molecule has 90 valence electrons. The molecule has 0 amide bonds. The molecule has 5 heteroatoms. The average Bonchev–Trinajstić information content (AvgIpc) is 2.75. The Kier molecular flexibility index (Phi) is 4.11. The third-order valence-electron chi connectivity index (χ3n) is 2.23. The first kappa shape index (κ1) is 12.5. The fraction of sp³-hybridized carbons (Fsp3) is 0.333. The summed E-state index contributed by atoms with van der Waals surface area (Å²) >= 11 is 2.26. The molecule has 0 radical (unpaired) electrons. The minimum atomic E-state index is 0.405. The van der Waals surface area contributed by atoms with Crippen LogP contribution in [0.25, 0.3) is 11.5 Å². The van der Waals surface area contributed by atoms with Crippen LogP contribution in [0.4, 0.5) is 0 Å². The number of rotatable bonds is 4. The van der Waals surface area contributed by atoms with Crippen LogP contribution in [0, 0.1) is 3.57 Å². The summed E-state index contributed by atoms with van der Waals surface area (Å²) in [6.07, 6.45) is 0. The minimum absolute atomic E-state index is 0.405. The van der Waals surface area contributed by atoms with E-state index in [-0.39, 0.29) is 0 Å². The van der Waals surface area contributed by atoms with Crippen molar-refractivity contribution >= 4 is 22.6 Å². The fourth-order valence-electron chi connectivity index (χ4n) is 1.36. The van der Waals surface area contributed by atoms with Gasteiger partial charge in [0.15, 0.2) is 0 Å². The maximum absolute atomic E-state index is 5.61. The van der Waals surface area contributed by atoms with Crippen LogP contribution in [0.1, 0.15) is 19.7 Å². The molecular weight excluding hydrogens is 329 g/mol. The summed E-state index contributed by atoms with van der Waals surface area (Å²) < 4.78 is 6.72. The van der Waals surface area contributed by atoms with Gasteiger partial charge in [-0.3, -0.25) is 0 Å². The van der Waals surface area contributed by atoms with Gasteiger partial charge >= 0.3 is 0 Å². The van der Waals surface area contributed by atoms with Crippen LogP contribution in [0.15, 0.2) is 28.7 Å². The number of benzene rings is 1. The third-order valence-corrected chi connectivity index (χ3v) is 3.17. The van der Waals surface area contributed by atoms with Gasteiger partial charge in [-0.25, -0.2) is 0 Å². The molecule has 0 fully saturated rings. The summed E-state index contributed by atoms with van der Waals surface area (Å²) in [5.74, 6) is 1.20. The van der Waals surface area contributed by atoms with Gasteiger partial charge in [-0.1, -0.05) is 26.0 Å². The molecule has 0 aliphatic rings. The quantitative estimate of drug-likeness (QED) is 0.868. The van der Waals surface area contributed by atoms with E-state index in [1.807, 2.05) is 24.3 Å². The molecular formula is C12H14IN3O. The maximum atomic E-state index is 5.61. The first-order valence-corrected chi connectivity index (χ1v) is 6.55. The highest BCUT2D eigenvalue weighted by atomic mass is 127. The van der Waals surface area contributed by atoms with E-state index in [2.05, 4.69) is 52.0 Å². The van der Waals surface area contributed by atoms with Crippen molar-refractivity contribution in [1.29, 1.82) is 0 Å². The highest BCUT2D eigenvalue weighted by Gasteiger charge is 2.10. The van der Waals surface area contributed by atoms with Gasteiger partial charge in [-0.05, 0) is 34.7 Å². The third kappa shape index (κ3) is 3.26. The summed E-state index contributed by atoms with van der Waals surface area (Å²) in [6, 6.07) is 8.36. The minimum Gasteiger partial charge on any atom is -0.419 e. The Morgan fingerprint density at radius 1 is 1.29 bits per heavy atom. The van der Waals surface area contributed by atoms with Crippen molar-refractivity contribution in [3.63, 3.8) is 0 Å². The van der Waals surface area contributed by atoms with Crippen molar-refractivity contribution in [3.8, 4) is 11.5 Å². The number of nitrogens with zero attached hydrogens (tertiary/aromatic N) is 2. The number of halogens is 1. The first-order chi connectivity index (χ1) is 8.16. The summed E-state index contributed by atoms with van der Waals surface area (Å²) in [4.78, 5) is 0. The standard InChI is InChI=1S/C12H14IN3O/c1-8(2)14-7-11-15-16-12(17-11)9-5-3-4-6-10(9)13/h3-6,8,14H,7H2,1-2H3. The van der Waals surface area contributed by atoms with Crippen LogP contribution in [0.5, 0.6) is 0 Å². The predicted octanol–water partition coefficient (Wildman–Crippen LogP) is 2.84. The molecule has 1 aromatic carbocycles. The van der Waals surface area contributed by atoms with Gasteiger partial charge in [0.25, 0.3) is 0 Å². The highest BCUT2D eigenvalue weighted by molar-refractivity contribution is 14.1. The molecule has 1 aromatic heterocycles. The monoisotopic (exact) mass is 343 g/mol. The van der Waals surface area contributed by atoms with Crippen LogP contribution in [0.3, 0.4) is 0 Å². The lowest BCUT2D eigenvalue weighted by Crippen LogP contribution is -2.21. The van der Waals surface area contributed by atoms with E-state index in [4.69, 9.17) is 4.42 Å². The molecule has 2 rings (SSSR count). The summed E-state index contributed by atoms with van der Waals surface area (Å²) in [5, 5.41) is 11.3. The Morgan fingerprint density at radius 3 is 2.76 bits per heavy atom. The number of hydrogen-bond acceptors (Lipinski definition) is 4. The number of hydrogen-bond donors (Lipinski definition) is 1. The number of nitrogens with one attached hydrogen (secondary N) is 1. The largest absolute Gasteiger partial charge is 0.419 e. The maximum Gasteiger partial charge on any atom is 0.248 e. The van der Waals surface area contributed by atoms with Crippen molar-refractivity contribution < 1.29 is 4.42 Å². The zero-order chi connectivity index (χ0) is 12.3. The average molecular weight is 343 g/mol. The predicted molar refractivity (Wildman–Crippen MR) is 74.4 cm³/mol. The van der Waals surface area contributed by atoms with Crippen LogP contribution in [-0.2, 0) is 6.54 Å². The zero-order valence-corrected chi connectivity index (χ0v) is 11.9. The molecule has 0 atom stereocenters. The molecule has 17 heavy (non-hydrogen) atoms. The Balaban J connectivity index is 2.16. The molecule has 0 saturated carbocycles. The highest BCUT2D eigenvalue weighted by Crippen LogP contribution is 2.23. The lowest BCUT2D eigenvalue weighted by Gasteiger charge is -2.03. The smallest absolute Gasteiger partial charge is 0.248 e. The summed E-state index contributed by atoms with van der Waals surface area (Å²) in [6.45, 7) is 4.77. The lowest BCUT2D eigenvalue weighted by atomic mass is 10.2. The van der Waals surface area contributed by atoms with Gasteiger partial charge in [0.05, 0.1) is 12.1 Å². The molecule has 0 bridgehead atoms. The van der Waals surface area contributed by atoms with Gasteiger partial charge in [0, 0.05) is 9.61 Å². The lowest BCUT2D eigenvalue weighted by molar-refractivity contribution is 0.458. The summed E-state index contributed by atoms with van der Waals surface area (Å²) in [5.41, 5.74) is 0.983. The van der Waals surface area contributed by atoms with Gasteiger partial charge in [0.2, 0.25) is 11.8 Å². The second kappa shape index (κ2) is 5.59. The zero-order valence-electron chi connectivity index (χ0n) is 9.77. The SMILES string of the molecule is CC(C)NCc1nnc(-c2ccccc2I)o1. The van der Waals surface area contributed by atoms with Crippen LogP contribution in [0.2, 0.25) is 0 Å². The van der Waals surface area contributed by atoms with Crippen LogP contribution in [-0.4, -0.2) is 16.2 Å². The molecule has 0 unspecified atom stereocenters. The first-order valence-electron chi connectivity index (χ1n) is 5.47. The molecule has 0 saturated heterocycles. The molecule has 2 aromatic rings. The molecule has 0 spiro atoms. The Bertz CT molecular complexity index is 496. The topological polar surface area (TPSA) is 51.0 Å². The second-order valence-corrected chi connectivity index (χ2v) is 5.18. The normalized spacial score (nSPS) is 11.1. The molecule has 0 aliphatic carbocycles. The Morgan fingerprint density at radius 2 is 2.06 bits per heavy atom.